The molecule has 1 unspecified atom stereocenters. The van der Waals surface area contributed by atoms with Crippen LogP contribution in [0.25, 0.3) is 0 Å². The first-order chi connectivity index (χ1) is 10.9. The quantitative estimate of drug-likeness (QED) is 0.789. The van der Waals surface area contributed by atoms with Crippen LogP contribution in [0.4, 0.5) is 0 Å². The molecule has 8 heteroatoms. The van der Waals surface area contributed by atoms with Gasteiger partial charge in [0.05, 0.1) is 13.2 Å². The molecule has 0 saturated carbocycles. The molecule has 1 fully saturated rings. The van der Waals surface area contributed by atoms with Crippen molar-refractivity contribution in [2.45, 2.75) is 6.04 Å². The van der Waals surface area contributed by atoms with Gasteiger partial charge in [0.1, 0.15) is 11.8 Å². The lowest BCUT2D eigenvalue weighted by Crippen LogP contribution is -2.52. The molecule has 2 rings (SSSR count). The Bertz CT molecular complexity index is 676. The van der Waals surface area contributed by atoms with Crippen molar-refractivity contribution in [3.63, 3.8) is 0 Å². The normalized spacial score (nSPS) is 18.6. The summed E-state index contributed by atoms with van der Waals surface area (Å²) in [7, 11) is 1.24. The van der Waals surface area contributed by atoms with E-state index < -0.39 is 16.3 Å². The van der Waals surface area contributed by atoms with Crippen LogP contribution in [0.15, 0.2) is 24.3 Å². The molecule has 1 aromatic rings. The zero-order valence-corrected chi connectivity index (χ0v) is 14.5. The summed E-state index contributed by atoms with van der Waals surface area (Å²) in [6, 6.07) is 9.32. The first-order valence-corrected chi connectivity index (χ1v) is 8.75. The molecule has 23 heavy (non-hydrogen) atoms. The van der Waals surface area contributed by atoms with Crippen LogP contribution in [0, 0.1) is 11.3 Å². The summed E-state index contributed by atoms with van der Waals surface area (Å²) in [6.07, 6.45) is 0. The molecule has 1 aromatic carbocycles. The van der Waals surface area contributed by atoms with Crippen LogP contribution in [0.5, 0.6) is 5.75 Å². The highest BCUT2D eigenvalue weighted by Crippen LogP contribution is 2.25. The first kappa shape index (κ1) is 17.7. The van der Waals surface area contributed by atoms with Crippen molar-refractivity contribution in [3.05, 3.63) is 29.8 Å². The molecule has 1 atom stereocenters. The lowest BCUT2D eigenvalue weighted by Gasteiger charge is -2.37. The summed E-state index contributed by atoms with van der Waals surface area (Å²) >= 11 is 0. The molecule has 1 aliphatic heterocycles. The fourth-order valence-corrected chi connectivity index (χ4v) is 3.69. The van der Waals surface area contributed by atoms with E-state index in [0.717, 1.165) is 5.56 Å². The largest absolute Gasteiger partial charge is 0.497 e. The Balaban J connectivity index is 2.10. The average molecular weight is 338 g/mol. The zero-order valence-electron chi connectivity index (χ0n) is 13.6. The van der Waals surface area contributed by atoms with Gasteiger partial charge in [-0.05, 0) is 17.7 Å². The first-order valence-electron chi connectivity index (χ1n) is 7.35. The molecule has 0 aliphatic carbocycles. The van der Waals surface area contributed by atoms with Gasteiger partial charge < -0.3 is 4.74 Å². The van der Waals surface area contributed by atoms with Gasteiger partial charge in [0.25, 0.3) is 10.2 Å². The number of methoxy groups -OCH3 is 1. The number of rotatable bonds is 5. The molecule has 0 spiro atoms. The lowest BCUT2D eigenvalue weighted by molar-refractivity contribution is 0.159. The minimum atomic E-state index is -3.39. The predicted molar refractivity (Wildman–Crippen MR) is 87.1 cm³/mol. The number of hydrogen-bond acceptors (Lipinski definition) is 5. The maximum Gasteiger partial charge on any atom is 0.281 e. The number of nitrogens with zero attached hydrogens (tertiary/aromatic N) is 4. The summed E-state index contributed by atoms with van der Waals surface area (Å²) in [6.45, 7) is 1.79. The molecule has 0 amide bonds. The molecule has 7 nitrogen and oxygen atoms in total. The van der Waals surface area contributed by atoms with Gasteiger partial charge in [-0.2, -0.15) is 22.3 Å². The van der Waals surface area contributed by atoms with E-state index in [1.807, 2.05) is 29.2 Å². The van der Waals surface area contributed by atoms with Gasteiger partial charge in [0.15, 0.2) is 0 Å². The van der Waals surface area contributed by atoms with Crippen molar-refractivity contribution < 1.29 is 13.2 Å². The van der Waals surface area contributed by atoms with Crippen LogP contribution in [-0.2, 0) is 10.2 Å². The van der Waals surface area contributed by atoms with E-state index in [0.29, 0.717) is 31.9 Å². The molecule has 1 saturated heterocycles. The van der Waals surface area contributed by atoms with Gasteiger partial charge >= 0.3 is 0 Å². The molecule has 0 N–H and O–H groups in total. The summed E-state index contributed by atoms with van der Waals surface area (Å²) in [5, 5.41) is 9.54. The van der Waals surface area contributed by atoms with E-state index in [4.69, 9.17) is 4.74 Å². The summed E-state index contributed by atoms with van der Waals surface area (Å²) < 4.78 is 32.1. The lowest BCUT2D eigenvalue weighted by atomic mass is 10.1. The SMILES string of the molecule is COc1cccc(C(C#N)N2CCN(S(=O)(=O)N(C)C)CC2)c1. The van der Waals surface area contributed by atoms with Crippen molar-refractivity contribution in [2.24, 2.45) is 0 Å². The fourth-order valence-electron chi connectivity index (χ4n) is 2.60. The molecule has 1 aliphatic rings. The number of piperazine rings is 1. The number of benzene rings is 1. The van der Waals surface area contributed by atoms with Crippen LogP contribution < -0.4 is 4.74 Å². The second-order valence-electron chi connectivity index (χ2n) is 5.53. The third-order valence-corrected chi connectivity index (χ3v) is 5.90. The van der Waals surface area contributed by atoms with E-state index in [1.54, 1.807) is 7.11 Å². The molecule has 0 bridgehead atoms. The molecular weight excluding hydrogens is 316 g/mol. The molecule has 0 radical (unpaired) electrons. The second kappa shape index (κ2) is 7.27. The van der Waals surface area contributed by atoms with E-state index in [2.05, 4.69) is 6.07 Å². The predicted octanol–water partition coefficient (Wildman–Crippen LogP) is 0.684. The van der Waals surface area contributed by atoms with Crippen molar-refractivity contribution >= 4 is 10.2 Å². The van der Waals surface area contributed by atoms with Crippen LogP contribution in [0.1, 0.15) is 11.6 Å². The van der Waals surface area contributed by atoms with Gasteiger partial charge in [0, 0.05) is 40.3 Å². The van der Waals surface area contributed by atoms with Crippen molar-refractivity contribution in [1.29, 1.82) is 5.26 Å². The fraction of sp³-hybridized carbons (Fsp3) is 0.533. The van der Waals surface area contributed by atoms with Crippen LogP contribution in [-0.4, -0.2) is 69.3 Å². The number of nitriles is 1. The minimum absolute atomic E-state index is 0.378. The van der Waals surface area contributed by atoms with E-state index in [9.17, 15) is 13.7 Å². The Kier molecular flexibility index (Phi) is 5.59. The molecular formula is C15H22N4O3S. The Morgan fingerprint density at radius 3 is 2.43 bits per heavy atom. The monoisotopic (exact) mass is 338 g/mol. The number of ether oxygens (including phenoxy) is 1. The Hall–Kier alpha value is -1.66. The highest BCUT2D eigenvalue weighted by molar-refractivity contribution is 7.86. The highest BCUT2D eigenvalue weighted by atomic mass is 32.2. The van der Waals surface area contributed by atoms with Gasteiger partial charge in [-0.25, -0.2) is 0 Å². The van der Waals surface area contributed by atoms with E-state index in [1.165, 1.54) is 22.7 Å². The third-order valence-electron chi connectivity index (χ3n) is 3.96. The summed E-state index contributed by atoms with van der Waals surface area (Å²) in [4.78, 5) is 2.00. The molecule has 126 valence electrons. The van der Waals surface area contributed by atoms with Gasteiger partial charge in [-0.1, -0.05) is 12.1 Å². The third kappa shape index (κ3) is 3.82. The number of hydrogen-bond donors (Lipinski definition) is 0. The smallest absolute Gasteiger partial charge is 0.281 e. The Labute approximate surface area is 137 Å². The molecule has 1 heterocycles. The maximum atomic E-state index is 12.1. The summed E-state index contributed by atoms with van der Waals surface area (Å²) in [5.41, 5.74) is 0.857. The standard InChI is InChI=1S/C15H22N4O3S/c1-17(2)23(20,21)19-9-7-18(8-10-19)15(12-16)13-5-4-6-14(11-13)22-3/h4-6,11,15H,7-10H2,1-3H3. The molecule has 0 aromatic heterocycles. The van der Waals surface area contributed by atoms with E-state index in [-0.39, 0.29) is 0 Å². The second-order valence-corrected chi connectivity index (χ2v) is 7.68. The maximum absolute atomic E-state index is 12.1. The van der Waals surface area contributed by atoms with Crippen LogP contribution >= 0.6 is 0 Å². The Morgan fingerprint density at radius 2 is 1.91 bits per heavy atom. The van der Waals surface area contributed by atoms with Crippen molar-refractivity contribution in [2.75, 3.05) is 47.4 Å². The van der Waals surface area contributed by atoms with Crippen molar-refractivity contribution in [1.82, 2.24) is 13.5 Å². The minimum Gasteiger partial charge on any atom is -0.497 e. The Morgan fingerprint density at radius 1 is 1.26 bits per heavy atom. The highest BCUT2D eigenvalue weighted by Gasteiger charge is 2.31. The van der Waals surface area contributed by atoms with Crippen LogP contribution in [0.3, 0.4) is 0 Å². The van der Waals surface area contributed by atoms with Gasteiger partial charge in [0.2, 0.25) is 0 Å². The van der Waals surface area contributed by atoms with Crippen LogP contribution in [0.2, 0.25) is 0 Å². The average Bonchev–Trinajstić information content (AvgIpc) is 2.56. The van der Waals surface area contributed by atoms with E-state index >= 15 is 0 Å². The summed E-state index contributed by atoms with van der Waals surface area (Å²) in [5.74, 6) is 0.705. The van der Waals surface area contributed by atoms with Gasteiger partial charge in [-0.15, -0.1) is 0 Å². The zero-order chi connectivity index (χ0) is 17.0. The van der Waals surface area contributed by atoms with Gasteiger partial charge in [-0.3, -0.25) is 4.90 Å². The topological polar surface area (TPSA) is 76.9 Å². The van der Waals surface area contributed by atoms with Crippen molar-refractivity contribution in [3.8, 4) is 11.8 Å².